The van der Waals surface area contributed by atoms with Gasteiger partial charge in [0, 0.05) is 12.0 Å². The molecule has 0 heterocycles. The number of nitrogens with one attached hydrogen (secondary N) is 1. The number of carbonyl (C=O) groups is 1. The van der Waals surface area contributed by atoms with Gasteiger partial charge in [-0.1, -0.05) is 76.8 Å². The lowest BCUT2D eigenvalue weighted by Gasteiger charge is -2.28. The maximum absolute atomic E-state index is 12.5. The standard InChI is InChI=1S/C18H29NO/c1-4-6-13-18(3,14-7-5-2)17(20)19-15-16-11-9-8-10-12-16/h8-12H,4-7,13-15H2,1-3H3,(H,19,20). The van der Waals surface area contributed by atoms with Gasteiger partial charge in [0.1, 0.15) is 0 Å². The second-order valence-electron chi connectivity index (χ2n) is 5.94. The number of amides is 1. The van der Waals surface area contributed by atoms with E-state index >= 15 is 0 Å². The Bertz CT molecular complexity index is 378. The molecule has 0 radical (unpaired) electrons. The van der Waals surface area contributed by atoms with E-state index in [-0.39, 0.29) is 11.3 Å². The highest BCUT2D eigenvalue weighted by molar-refractivity contribution is 5.82. The van der Waals surface area contributed by atoms with Crippen LogP contribution in [-0.4, -0.2) is 5.91 Å². The Morgan fingerprint density at radius 3 is 2.10 bits per heavy atom. The Labute approximate surface area is 124 Å². The van der Waals surface area contributed by atoms with Crippen molar-refractivity contribution in [3.8, 4) is 0 Å². The van der Waals surface area contributed by atoms with Crippen LogP contribution in [0.3, 0.4) is 0 Å². The minimum absolute atomic E-state index is 0.208. The van der Waals surface area contributed by atoms with Crippen molar-refractivity contribution in [3.63, 3.8) is 0 Å². The molecule has 0 aliphatic carbocycles. The second-order valence-corrected chi connectivity index (χ2v) is 5.94. The van der Waals surface area contributed by atoms with Gasteiger partial charge < -0.3 is 5.32 Å². The average Bonchev–Trinajstić information content (AvgIpc) is 2.49. The lowest BCUT2D eigenvalue weighted by Crippen LogP contribution is -2.38. The summed E-state index contributed by atoms with van der Waals surface area (Å²) < 4.78 is 0. The van der Waals surface area contributed by atoms with Crippen LogP contribution in [0, 0.1) is 5.41 Å². The summed E-state index contributed by atoms with van der Waals surface area (Å²) in [6, 6.07) is 10.1. The van der Waals surface area contributed by atoms with Gasteiger partial charge in [0.15, 0.2) is 0 Å². The number of benzene rings is 1. The zero-order chi connectivity index (χ0) is 14.8. The summed E-state index contributed by atoms with van der Waals surface area (Å²) in [5, 5.41) is 3.12. The smallest absolute Gasteiger partial charge is 0.226 e. The lowest BCUT2D eigenvalue weighted by atomic mass is 9.79. The molecule has 2 nitrogen and oxygen atoms in total. The first-order valence-corrected chi connectivity index (χ1v) is 7.94. The van der Waals surface area contributed by atoms with Crippen LogP contribution in [0.2, 0.25) is 0 Å². The molecule has 0 unspecified atom stereocenters. The highest BCUT2D eigenvalue weighted by Crippen LogP contribution is 2.31. The number of unbranched alkanes of at least 4 members (excludes halogenated alkanes) is 2. The molecule has 0 aliphatic rings. The van der Waals surface area contributed by atoms with Crippen LogP contribution in [-0.2, 0) is 11.3 Å². The summed E-state index contributed by atoms with van der Waals surface area (Å²) in [6.45, 7) is 7.12. The molecule has 0 saturated heterocycles. The van der Waals surface area contributed by atoms with Crippen molar-refractivity contribution in [1.82, 2.24) is 5.32 Å². The van der Waals surface area contributed by atoms with Crippen LogP contribution < -0.4 is 5.32 Å². The molecule has 0 fully saturated rings. The lowest BCUT2D eigenvalue weighted by molar-refractivity contribution is -0.131. The highest BCUT2D eigenvalue weighted by atomic mass is 16.2. The van der Waals surface area contributed by atoms with Gasteiger partial charge in [-0.3, -0.25) is 4.79 Å². The third-order valence-corrected chi connectivity index (χ3v) is 4.01. The SMILES string of the molecule is CCCCC(C)(CCCC)C(=O)NCc1ccccc1. The number of hydrogen-bond acceptors (Lipinski definition) is 1. The molecule has 2 heteroatoms. The summed E-state index contributed by atoms with van der Waals surface area (Å²) in [5.74, 6) is 0.211. The van der Waals surface area contributed by atoms with E-state index in [1.54, 1.807) is 0 Å². The van der Waals surface area contributed by atoms with Crippen LogP contribution >= 0.6 is 0 Å². The van der Waals surface area contributed by atoms with Crippen LogP contribution in [0.4, 0.5) is 0 Å². The normalized spacial score (nSPS) is 11.3. The Balaban J connectivity index is 2.58. The Morgan fingerprint density at radius 1 is 1.05 bits per heavy atom. The molecule has 1 rings (SSSR count). The molecule has 0 aliphatic heterocycles. The first kappa shape index (κ1) is 16.7. The summed E-state index contributed by atoms with van der Waals surface area (Å²) in [5.41, 5.74) is 0.954. The minimum Gasteiger partial charge on any atom is -0.352 e. The van der Waals surface area contributed by atoms with Gasteiger partial charge in [0.2, 0.25) is 5.91 Å². The van der Waals surface area contributed by atoms with E-state index in [9.17, 15) is 4.79 Å². The summed E-state index contributed by atoms with van der Waals surface area (Å²) >= 11 is 0. The monoisotopic (exact) mass is 275 g/mol. The first-order chi connectivity index (χ1) is 9.62. The largest absolute Gasteiger partial charge is 0.352 e. The second kappa shape index (κ2) is 8.78. The van der Waals surface area contributed by atoms with Crippen molar-refractivity contribution in [3.05, 3.63) is 35.9 Å². The molecule has 0 spiro atoms. The predicted octanol–water partition coefficient (Wildman–Crippen LogP) is 4.69. The summed E-state index contributed by atoms with van der Waals surface area (Å²) in [7, 11) is 0. The predicted molar refractivity (Wildman–Crippen MR) is 85.4 cm³/mol. The topological polar surface area (TPSA) is 29.1 Å². The van der Waals surface area contributed by atoms with E-state index in [0.29, 0.717) is 6.54 Å². The molecular formula is C18H29NO. The van der Waals surface area contributed by atoms with Gasteiger partial charge in [-0.2, -0.15) is 0 Å². The average molecular weight is 275 g/mol. The Kier molecular flexibility index (Phi) is 7.35. The number of hydrogen-bond donors (Lipinski definition) is 1. The third-order valence-electron chi connectivity index (χ3n) is 4.01. The molecule has 20 heavy (non-hydrogen) atoms. The zero-order valence-corrected chi connectivity index (χ0v) is 13.2. The summed E-state index contributed by atoms with van der Waals surface area (Å²) in [4.78, 5) is 12.5. The molecule has 112 valence electrons. The van der Waals surface area contributed by atoms with E-state index < -0.39 is 0 Å². The Morgan fingerprint density at radius 2 is 1.60 bits per heavy atom. The highest BCUT2D eigenvalue weighted by Gasteiger charge is 2.31. The molecule has 0 atom stereocenters. The molecule has 1 amide bonds. The molecule has 1 aromatic carbocycles. The van der Waals surface area contributed by atoms with Gasteiger partial charge in [-0.25, -0.2) is 0 Å². The molecule has 0 bridgehead atoms. The third kappa shape index (κ3) is 5.36. The van der Waals surface area contributed by atoms with Crippen molar-refractivity contribution in [1.29, 1.82) is 0 Å². The number of rotatable bonds is 9. The first-order valence-electron chi connectivity index (χ1n) is 7.94. The fourth-order valence-corrected chi connectivity index (χ4v) is 2.48. The quantitative estimate of drug-likeness (QED) is 0.696. The fourth-order valence-electron chi connectivity index (χ4n) is 2.48. The van der Waals surface area contributed by atoms with Gasteiger partial charge in [-0.05, 0) is 18.4 Å². The van der Waals surface area contributed by atoms with Crippen molar-refractivity contribution in [2.75, 3.05) is 0 Å². The molecule has 1 aromatic rings. The van der Waals surface area contributed by atoms with E-state index in [1.807, 2.05) is 18.2 Å². The maximum Gasteiger partial charge on any atom is 0.226 e. The molecule has 0 aromatic heterocycles. The van der Waals surface area contributed by atoms with Crippen LogP contribution in [0.1, 0.15) is 64.9 Å². The van der Waals surface area contributed by atoms with Gasteiger partial charge in [0.05, 0.1) is 0 Å². The minimum atomic E-state index is -0.208. The fraction of sp³-hybridized carbons (Fsp3) is 0.611. The van der Waals surface area contributed by atoms with Gasteiger partial charge in [-0.15, -0.1) is 0 Å². The van der Waals surface area contributed by atoms with Gasteiger partial charge in [0.25, 0.3) is 0 Å². The van der Waals surface area contributed by atoms with Crippen LogP contribution in [0.5, 0.6) is 0 Å². The van der Waals surface area contributed by atoms with Crippen LogP contribution in [0.25, 0.3) is 0 Å². The van der Waals surface area contributed by atoms with Crippen LogP contribution in [0.15, 0.2) is 30.3 Å². The molecule has 0 saturated carbocycles. The maximum atomic E-state index is 12.5. The van der Waals surface area contributed by atoms with Crippen molar-refractivity contribution < 1.29 is 4.79 Å². The summed E-state index contributed by atoms with van der Waals surface area (Å²) in [6.07, 6.45) is 6.52. The van der Waals surface area contributed by atoms with Crippen molar-refractivity contribution in [2.45, 2.75) is 65.8 Å². The van der Waals surface area contributed by atoms with Gasteiger partial charge >= 0.3 is 0 Å². The molecule has 1 N–H and O–H groups in total. The Hall–Kier alpha value is -1.31. The van der Waals surface area contributed by atoms with Crippen molar-refractivity contribution in [2.24, 2.45) is 5.41 Å². The molecular weight excluding hydrogens is 246 g/mol. The van der Waals surface area contributed by atoms with Crippen molar-refractivity contribution >= 4 is 5.91 Å². The van der Waals surface area contributed by atoms with E-state index in [2.05, 4.69) is 38.2 Å². The number of carbonyl (C=O) groups excluding carboxylic acids is 1. The zero-order valence-electron chi connectivity index (χ0n) is 13.2. The van der Waals surface area contributed by atoms with E-state index in [4.69, 9.17) is 0 Å². The van der Waals surface area contributed by atoms with E-state index in [1.165, 1.54) is 0 Å². The van der Waals surface area contributed by atoms with E-state index in [0.717, 1.165) is 44.1 Å².